The normalized spacial score (nSPS) is 11.0. The molecule has 2 heterocycles. The smallest absolute Gasteiger partial charge is 0.344 e. The second-order valence-electron chi connectivity index (χ2n) is 6.62. The third-order valence-electron chi connectivity index (χ3n) is 4.22. The summed E-state index contributed by atoms with van der Waals surface area (Å²) >= 11 is 0. The molecule has 0 saturated heterocycles. The number of aromatic nitrogens is 2. The van der Waals surface area contributed by atoms with Gasteiger partial charge in [-0.1, -0.05) is 32.0 Å². The van der Waals surface area contributed by atoms with Crippen molar-refractivity contribution in [2.24, 2.45) is 0 Å². The van der Waals surface area contributed by atoms with Crippen molar-refractivity contribution in [1.29, 1.82) is 0 Å². The Morgan fingerprint density at radius 1 is 1.15 bits per heavy atom. The topological polar surface area (TPSA) is 69.9 Å². The van der Waals surface area contributed by atoms with Crippen molar-refractivity contribution in [1.82, 2.24) is 9.38 Å². The Morgan fingerprint density at radius 2 is 1.89 bits per heavy atom. The number of ether oxygens (including phenoxy) is 2. The van der Waals surface area contributed by atoms with E-state index in [1.165, 1.54) is 16.0 Å². The van der Waals surface area contributed by atoms with Gasteiger partial charge < -0.3 is 9.47 Å². The fraction of sp³-hybridized carbons (Fsp3) is 0.286. The molecule has 140 valence electrons. The first kappa shape index (κ1) is 18.6. The second-order valence-corrected chi connectivity index (χ2v) is 6.62. The lowest BCUT2D eigenvalue weighted by atomic mass is 10.0. The number of rotatable bonds is 6. The molecule has 0 aliphatic heterocycles. The van der Waals surface area contributed by atoms with Gasteiger partial charge in [-0.3, -0.25) is 9.20 Å². The minimum absolute atomic E-state index is 0.0752. The minimum atomic E-state index is -0.519. The number of pyridine rings is 1. The molecule has 6 heteroatoms. The predicted molar refractivity (Wildman–Crippen MR) is 102 cm³/mol. The molecule has 6 nitrogen and oxygen atoms in total. The van der Waals surface area contributed by atoms with E-state index in [0.717, 1.165) is 5.69 Å². The van der Waals surface area contributed by atoms with Gasteiger partial charge in [0.1, 0.15) is 18.0 Å². The van der Waals surface area contributed by atoms with Crippen LogP contribution in [0.3, 0.4) is 0 Å². The Morgan fingerprint density at radius 3 is 2.59 bits per heavy atom. The summed E-state index contributed by atoms with van der Waals surface area (Å²) < 4.78 is 12.1. The van der Waals surface area contributed by atoms with E-state index in [2.05, 4.69) is 18.8 Å². The fourth-order valence-corrected chi connectivity index (χ4v) is 2.72. The summed E-state index contributed by atoms with van der Waals surface area (Å²) in [5.41, 5.74) is 2.72. The molecule has 0 spiro atoms. The highest BCUT2D eigenvalue weighted by atomic mass is 16.6. The second kappa shape index (κ2) is 8.03. The zero-order valence-corrected chi connectivity index (χ0v) is 15.6. The van der Waals surface area contributed by atoms with Gasteiger partial charge in [-0.05, 0) is 42.7 Å². The summed E-state index contributed by atoms with van der Waals surface area (Å²) in [6.07, 6.45) is 0. The Kier molecular flexibility index (Phi) is 5.54. The maximum absolute atomic E-state index is 12.2. The summed E-state index contributed by atoms with van der Waals surface area (Å²) in [5.74, 6) is 0.523. The molecule has 27 heavy (non-hydrogen) atoms. The van der Waals surface area contributed by atoms with E-state index in [9.17, 15) is 9.59 Å². The van der Waals surface area contributed by atoms with Crippen molar-refractivity contribution in [2.75, 3.05) is 6.61 Å². The Bertz CT molecular complexity index is 1010. The molecule has 0 unspecified atom stereocenters. The number of nitrogens with zero attached hydrogens (tertiary/aromatic N) is 2. The number of hydrogen-bond donors (Lipinski definition) is 0. The van der Waals surface area contributed by atoms with E-state index < -0.39 is 5.97 Å². The molecule has 0 N–H and O–H groups in total. The van der Waals surface area contributed by atoms with Crippen LogP contribution in [0.1, 0.15) is 36.7 Å². The van der Waals surface area contributed by atoms with E-state index >= 15 is 0 Å². The number of benzene rings is 1. The van der Waals surface area contributed by atoms with Crippen LogP contribution in [-0.2, 0) is 16.1 Å². The van der Waals surface area contributed by atoms with Gasteiger partial charge in [-0.15, -0.1) is 0 Å². The number of fused-ring (bicyclic) bond motifs is 1. The first-order valence-corrected chi connectivity index (χ1v) is 8.81. The highest BCUT2D eigenvalue weighted by molar-refractivity contribution is 5.71. The van der Waals surface area contributed by atoms with Gasteiger partial charge in [-0.2, -0.15) is 0 Å². The molecule has 1 aromatic carbocycles. The van der Waals surface area contributed by atoms with Crippen LogP contribution in [0, 0.1) is 6.92 Å². The van der Waals surface area contributed by atoms with E-state index in [1.807, 2.05) is 43.3 Å². The van der Waals surface area contributed by atoms with E-state index in [-0.39, 0.29) is 18.8 Å². The summed E-state index contributed by atoms with van der Waals surface area (Å²) in [7, 11) is 0. The molecule has 0 radical (unpaired) electrons. The van der Waals surface area contributed by atoms with Crippen LogP contribution in [-0.4, -0.2) is 22.0 Å². The van der Waals surface area contributed by atoms with Crippen LogP contribution in [0.5, 0.6) is 5.75 Å². The van der Waals surface area contributed by atoms with Crippen molar-refractivity contribution in [3.63, 3.8) is 0 Å². The highest BCUT2D eigenvalue weighted by Crippen LogP contribution is 2.18. The maximum Gasteiger partial charge on any atom is 0.344 e. The molecule has 0 aliphatic carbocycles. The summed E-state index contributed by atoms with van der Waals surface area (Å²) in [6.45, 7) is 5.78. The van der Waals surface area contributed by atoms with Gasteiger partial charge in [0.15, 0.2) is 6.61 Å². The van der Waals surface area contributed by atoms with Gasteiger partial charge in [0.25, 0.3) is 5.56 Å². The molecular formula is C21H22N2O4. The molecule has 3 aromatic rings. The Balaban J connectivity index is 1.57. The van der Waals surface area contributed by atoms with Crippen LogP contribution >= 0.6 is 0 Å². The van der Waals surface area contributed by atoms with Gasteiger partial charge in [0.2, 0.25) is 0 Å². The monoisotopic (exact) mass is 366 g/mol. The fourth-order valence-electron chi connectivity index (χ4n) is 2.72. The Hall–Kier alpha value is -3.15. The van der Waals surface area contributed by atoms with Crippen LogP contribution < -0.4 is 10.3 Å². The molecule has 0 bridgehead atoms. The molecule has 0 atom stereocenters. The standard InChI is InChI=1S/C21H22N2O4/c1-14(2)16-7-9-18(10-8-16)26-13-21(25)27-12-17-11-20(24)23-15(3)5-4-6-19(23)22-17/h4-11,14H,12-13H2,1-3H3. The van der Waals surface area contributed by atoms with E-state index in [1.54, 1.807) is 6.07 Å². The van der Waals surface area contributed by atoms with Gasteiger partial charge in [-0.25, -0.2) is 9.78 Å². The van der Waals surface area contributed by atoms with Crippen molar-refractivity contribution in [3.8, 4) is 5.75 Å². The number of hydrogen-bond acceptors (Lipinski definition) is 5. The van der Waals surface area contributed by atoms with Gasteiger partial charge in [0, 0.05) is 11.8 Å². The lowest BCUT2D eigenvalue weighted by Gasteiger charge is -2.09. The quantitative estimate of drug-likeness (QED) is 0.627. The predicted octanol–water partition coefficient (Wildman–Crippen LogP) is 3.25. The third-order valence-corrected chi connectivity index (χ3v) is 4.22. The zero-order valence-electron chi connectivity index (χ0n) is 15.6. The molecule has 0 fully saturated rings. The number of carbonyl (C=O) groups is 1. The lowest BCUT2D eigenvalue weighted by molar-refractivity contribution is -0.147. The average Bonchev–Trinajstić information content (AvgIpc) is 2.65. The molecular weight excluding hydrogens is 344 g/mol. The molecule has 2 aromatic heterocycles. The average molecular weight is 366 g/mol. The van der Waals surface area contributed by atoms with Gasteiger partial charge >= 0.3 is 5.97 Å². The van der Waals surface area contributed by atoms with Gasteiger partial charge in [0.05, 0.1) is 5.69 Å². The van der Waals surface area contributed by atoms with Crippen LogP contribution in [0.15, 0.2) is 53.3 Å². The minimum Gasteiger partial charge on any atom is -0.482 e. The Labute approximate surface area is 157 Å². The van der Waals surface area contributed by atoms with Crippen molar-refractivity contribution in [3.05, 3.63) is 75.8 Å². The molecule has 0 saturated carbocycles. The number of aryl methyl sites for hydroxylation is 1. The van der Waals surface area contributed by atoms with E-state index in [0.29, 0.717) is 23.0 Å². The van der Waals surface area contributed by atoms with E-state index in [4.69, 9.17) is 9.47 Å². The van der Waals surface area contributed by atoms with Crippen molar-refractivity contribution in [2.45, 2.75) is 33.3 Å². The number of esters is 1. The number of carbonyl (C=O) groups excluding carboxylic acids is 1. The van der Waals surface area contributed by atoms with Crippen LogP contribution in [0.2, 0.25) is 0 Å². The molecule has 0 amide bonds. The van der Waals surface area contributed by atoms with Crippen molar-refractivity contribution < 1.29 is 14.3 Å². The summed E-state index contributed by atoms with van der Waals surface area (Å²) in [5, 5.41) is 0. The molecule has 0 aliphatic rings. The maximum atomic E-state index is 12.2. The first-order chi connectivity index (χ1) is 12.9. The van der Waals surface area contributed by atoms with Crippen LogP contribution in [0.25, 0.3) is 5.65 Å². The lowest BCUT2D eigenvalue weighted by Crippen LogP contribution is -2.19. The largest absolute Gasteiger partial charge is 0.482 e. The summed E-state index contributed by atoms with van der Waals surface area (Å²) in [4.78, 5) is 28.5. The third kappa shape index (κ3) is 4.53. The summed E-state index contributed by atoms with van der Waals surface area (Å²) in [6, 6.07) is 14.4. The molecule has 3 rings (SSSR count). The SMILES string of the molecule is Cc1cccc2nc(COC(=O)COc3ccc(C(C)C)cc3)cc(=O)n12. The first-order valence-electron chi connectivity index (χ1n) is 8.81. The zero-order chi connectivity index (χ0) is 19.4. The highest BCUT2D eigenvalue weighted by Gasteiger charge is 2.09. The van der Waals surface area contributed by atoms with Crippen LogP contribution in [0.4, 0.5) is 0 Å². The van der Waals surface area contributed by atoms with Crippen molar-refractivity contribution >= 4 is 11.6 Å².